The van der Waals surface area contributed by atoms with Gasteiger partial charge in [0.1, 0.15) is 6.54 Å². The third-order valence-electron chi connectivity index (χ3n) is 2.26. The highest BCUT2D eigenvalue weighted by Gasteiger charge is 2.17. The first kappa shape index (κ1) is 13.6. The summed E-state index contributed by atoms with van der Waals surface area (Å²) >= 11 is 0. The Morgan fingerprint density at radius 2 is 2.00 bits per heavy atom. The van der Waals surface area contributed by atoms with Crippen molar-refractivity contribution in [2.24, 2.45) is 16.5 Å². The van der Waals surface area contributed by atoms with E-state index >= 15 is 0 Å². The Kier molecular flexibility index (Phi) is 7.77. The molecule has 1 aliphatic rings. The average Bonchev–Trinajstić information content (AvgIpc) is 2.42. The minimum atomic E-state index is -0.114. The van der Waals surface area contributed by atoms with Crippen molar-refractivity contribution >= 4 is 0 Å². The quantitative estimate of drug-likeness (QED) is 0.282. The largest absolute Gasteiger partial charge is 1.00 e. The zero-order valence-electron chi connectivity index (χ0n) is 7.86. The molecule has 0 amide bonds. The lowest BCUT2D eigenvalue weighted by molar-refractivity contribution is -0.920. The van der Waals surface area contributed by atoms with Crippen molar-refractivity contribution in [3.8, 4) is 0 Å². The van der Waals surface area contributed by atoms with Crippen LogP contribution in [0.2, 0.25) is 0 Å². The second kappa shape index (κ2) is 7.98. The van der Waals surface area contributed by atoms with Gasteiger partial charge >= 0.3 is 0 Å². The number of hydrogen-bond acceptors (Lipinski definition) is 4. The van der Waals surface area contributed by atoms with Crippen molar-refractivity contribution in [2.45, 2.75) is 25.7 Å². The van der Waals surface area contributed by atoms with Gasteiger partial charge in [-0.2, -0.15) is 0 Å². The number of quaternary nitrogens is 1. The number of nitrogens with one attached hydrogen (secondary N) is 1. The van der Waals surface area contributed by atoms with Gasteiger partial charge in [-0.15, -0.1) is 0 Å². The standard InChI is InChI=1S/C8H13N3O2.HI/c12-9-11(10-13)7-8-5-3-1-2-4-6-8;/h3,5,8H,1-2,4,6-7H2;1H. The van der Waals surface area contributed by atoms with E-state index in [4.69, 9.17) is 0 Å². The number of halogens is 1. The lowest BCUT2D eigenvalue weighted by atomic mass is 10.0. The number of nitrogens with zero attached hydrogens (tertiary/aromatic N) is 2. The molecule has 0 aromatic rings. The first-order chi connectivity index (χ1) is 6.36. The Hall–Kier alpha value is -0.370. The van der Waals surface area contributed by atoms with Crippen LogP contribution in [0.4, 0.5) is 0 Å². The smallest absolute Gasteiger partial charge is 0.183 e. The van der Waals surface area contributed by atoms with Gasteiger partial charge < -0.3 is 24.0 Å². The molecule has 6 heteroatoms. The first-order valence-electron chi connectivity index (χ1n) is 4.56. The Balaban J connectivity index is 0.00000169. The van der Waals surface area contributed by atoms with E-state index in [0.717, 1.165) is 19.3 Å². The third kappa shape index (κ3) is 4.75. The molecule has 5 nitrogen and oxygen atoms in total. The molecule has 1 unspecified atom stereocenters. The fourth-order valence-electron chi connectivity index (χ4n) is 1.55. The van der Waals surface area contributed by atoms with Crippen LogP contribution in [0.25, 0.3) is 0 Å². The van der Waals surface area contributed by atoms with Crippen molar-refractivity contribution < 1.29 is 29.1 Å². The van der Waals surface area contributed by atoms with Gasteiger partial charge in [0, 0.05) is 5.92 Å². The van der Waals surface area contributed by atoms with Gasteiger partial charge in [-0.1, -0.05) is 28.4 Å². The van der Waals surface area contributed by atoms with Crippen molar-refractivity contribution in [3.63, 3.8) is 0 Å². The molecule has 1 rings (SSSR count). The van der Waals surface area contributed by atoms with E-state index in [0.29, 0.717) is 6.54 Å². The summed E-state index contributed by atoms with van der Waals surface area (Å²) in [4.78, 5) is 20.2. The Morgan fingerprint density at radius 1 is 1.29 bits per heavy atom. The molecule has 0 spiro atoms. The molecule has 0 bridgehead atoms. The van der Waals surface area contributed by atoms with Gasteiger partial charge in [-0.05, 0) is 24.4 Å². The lowest BCUT2D eigenvalue weighted by Gasteiger charge is -2.07. The second-order valence-corrected chi connectivity index (χ2v) is 3.28. The monoisotopic (exact) mass is 311 g/mol. The SMILES string of the molecule is O=N[NH+](CC1C=CCCCC1)N=O.[I-]. The van der Waals surface area contributed by atoms with Crippen LogP contribution >= 0.6 is 0 Å². The Bertz CT molecular complexity index is 203. The number of allylic oxidation sites excluding steroid dienone is 1. The van der Waals surface area contributed by atoms with E-state index in [2.05, 4.69) is 22.7 Å². The fraction of sp³-hybridized carbons (Fsp3) is 0.750. The van der Waals surface area contributed by atoms with E-state index < -0.39 is 0 Å². The van der Waals surface area contributed by atoms with Crippen LogP contribution in [-0.4, -0.2) is 6.54 Å². The maximum absolute atomic E-state index is 10.1. The highest BCUT2D eigenvalue weighted by molar-refractivity contribution is 4.90. The maximum Gasteiger partial charge on any atom is 0.183 e. The van der Waals surface area contributed by atoms with Gasteiger partial charge in [0.2, 0.25) is 0 Å². The molecule has 1 atom stereocenters. The second-order valence-electron chi connectivity index (χ2n) is 3.28. The van der Waals surface area contributed by atoms with E-state index in [1.165, 1.54) is 6.42 Å². The summed E-state index contributed by atoms with van der Waals surface area (Å²) in [5, 5.41) is 5.06. The van der Waals surface area contributed by atoms with Gasteiger partial charge in [-0.25, -0.2) is 0 Å². The molecule has 0 radical (unpaired) electrons. The minimum Gasteiger partial charge on any atom is -1.00 e. The number of nitroso groups, excluding NO2 is 2. The first-order valence-corrected chi connectivity index (χ1v) is 4.56. The summed E-state index contributed by atoms with van der Waals surface area (Å²) in [7, 11) is 0. The van der Waals surface area contributed by atoms with Gasteiger partial charge in [0.15, 0.2) is 10.6 Å². The predicted octanol–water partition coefficient (Wildman–Crippen LogP) is -2.02. The number of hydrogen-bond donors (Lipinski definition) is 1. The van der Waals surface area contributed by atoms with E-state index in [1.807, 2.05) is 0 Å². The van der Waals surface area contributed by atoms with Crippen LogP contribution in [0, 0.1) is 15.7 Å². The maximum atomic E-state index is 10.1. The van der Waals surface area contributed by atoms with Crippen molar-refractivity contribution in [1.29, 1.82) is 0 Å². The molecule has 0 aliphatic heterocycles. The molecule has 1 aliphatic carbocycles. The Labute approximate surface area is 99.8 Å². The summed E-state index contributed by atoms with van der Waals surface area (Å²) in [6.45, 7) is 0.392. The molecular formula is C8H14IN3O2. The van der Waals surface area contributed by atoms with Crippen LogP contribution in [-0.2, 0) is 0 Å². The molecule has 1 N–H and O–H groups in total. The normalized spacial score (nSPS) is 21.1. The minimum absolute atomic E-state index is 0. The van der Waals surface area contributed by atoms with Gasteiger partial charge in [-0.3, -0.25) is 0 Å². The predicted molar refractivity (Wildman–Crippen MR) is 48.5 cm³/mol. The molecule has 0 saturated heterocycles. The molecule has 14 heavy (non-hydrogen) atoms. The van der Waals surface area contributed by atoms with Crippen molar-refractivity contribution in [2.75, 3.05) is 6.54 Å². The molecule has 0 fully saturated rings. The average molecular weight is 311 g/mol. The third-order valence-corrected chi connectivity index (χ3v) is 2.26. The topological polar surface area (TPSA) is 63.3 Å². The van der Waals surface area contributed by atoms with Crippen molar-refractivity contribution in [1.82, 2.24) is 0 Å². The Morgan fingerprint density at radius 3 is 2.64 bits per heavy atom. The van der Waals surface area contributed by atoms with Gasteiger partial charge in [0.25, 0.3) is 0 Å². The summed E-state index contributed by atoms with van der Waals surface area (Å²) in [5.74, 6) is 0.271. The van der Waals surface area contributed by atoms with Crippen LogP contribution in [0.15, 0.2) is 22.7 Å². The zero-order valence-corrected chi connectivity index (χ0v) is 10.0. The summed E-state index contributed by atoms with van der Waals surface area (Å²) in [6.07, 6.45) is 8.60. The van der Waals surface area contributed by atoms with Crippen LogP contribution in [0.5, 0.6) is 0 Å². The zero-order chi connectivity index (χ0) is 9.52. The van der Waals surface area contributed by atoms with Crippen LogP contribution in [0.3, 0.4) is 0 Å². The van der Waals surface area contributed by atoms with Crippen LogP contribution < -0.4 is 29.1 Å². The molecule has 0 aromatic heterocycles. The summed E-state index contributed by atoms with van der Waals surface area (Å²) < 4.78 is 0. The molecule has 0 heterocycles. The lowest BCUT2D eigenvalue weighted by Crippen LogP contribution is -3.02. The molecular weight excluding hydrogens is 297 g/mol. The molecule has 0 aromatic carbocycles. The molecule has 0 saturated carbocycles. The highest BCUT2D eigenvalue weighted by atomic mass is 127. The highest BCUT2D eigenvalue weighted by Crippen LogP contribution is 2.15. The van der Waals surface area contributed by atoms with Crippen molar-refractivity contribution in [3.05, 3.63) is 22.0 Å². The van der Waals surface area contributed by atoms with E-state index in [-0.39, 0.29) is 35.0 Å². The number of rotatable bonds is 4. The summed E-state index contributed by atoms with van der Waals surface area (Å²) in [5.41, 5.74) is 0. The van der Waals surface area contributed by atoms with E-state index in [1.54, 1.807) is 0 Å². The molecule has 80 valence electrons. The summed E-state index contributed by atoms with van der Waals surface area (Å²) in [6, 6.07) is 0. The van der Waals surface area contributed by atoms with Crippen LogP contribution in [0.1, 0.15) is 25.7 Å². The van der Waals surface area contributed by atoms with E-state index in [9.17, 15) is 9.81 Å². The fourth-order valence-corrected chi connectivity index (χ4v) is 1.55. The van der Waals surface area contributed by atoms with Gasteiger partial charge in [0.05, 0.1) is 0 Å².